The van der Waals surface area contributed by atoms with Crippen molar-refractivity contribution in [3.8, 4) is 0 Å². The molecule has 0 aliphatic rings. The molecule has 1 heterocycles. The van der Waals surface area contributed by atoms with Crippen molar-refractivity contribution in [1.29, 1.82) is 0 Å². The molecule has 0 unspecified atom stereocenters. The van der Waals surface area contributed by atoms with Gasteiger partial charge in [-0.3, -0.25) is 0 Å². The summed E-state index contributed by atoms with van der Waals surface area (Å²) in [7, 11) is 1.70. The third-order valence-corrected chi connectivity index (χ3v) is 6.71. The topological polar surface area (TPSA) is 65.0 Å². The second-order valence-electron chi connectivity index (χ2n) is 5.53. The van der Waals surface area contributed by atoms with E-state index in [4.69, 9.17) is 0 Å². The van der Waals surface area contributed by atoms with Gasteiger partial charge in [0.15, 0.2) is 5.96 Å². The van der Waals surface area contributed by atoms with E-state index in [-0.39, 0.29) is 0 Å². The Balaban J connectivity index is 2.80. The predicted molar refractivity (Wildman–Crippen MR) is 102 cm³/mol. The summed E-state index contributed by atoms with van der Waals surface area (Å²) in [6, 6.07) is 3.47. The second-order valence-corrected chi connectivity index (χ2v) is 9.08. The van der Waals surface area contributed by atoms with Gasteiger partial charge in [-0.1, -0.05) is 6.08 Å². The molecular weight excluding hydrogens is 344 g/mol. The number of nitrogens with zero attached hydrogens (tertiary/aromatic N) is 3. The first-order valence-electron chi connectivity index (χ1n) is 7.94. The first kappa shape index (κ1) is 20.7. The third kappa shape index (κ3) is 5.92. The average molecular weight is 373 g/mol. The number of guanidine groups is 1. The summed E-state index contributed by atoms with van der Waals surface area (Å²) in [5, 5.41) is 3.26. The monoisotopic (exact) mass is 372 g/mol. The molecule has 0 aromatic carbocycles. The first-order valence-corrected chi connectivity index (χ1v) is 10.2. The van der Waals surface area contributed by atoms with Crippen LogP contribution in [0.5, 0.6) is 0 Å². The fourth-order valence-electron chi connectivity index (χ4n) is 1.96. The Morgan fingerprint density at radius 1 is 1.38 bits per heavy atom. The molecule has 0 bridgehead atoms. The lowest BCUT2D eigenvalue weighted by Crippen LogP contribution is -2.39. The van der Waals surface area contributed by atoms with E-state index in [1.807, 2.05) is 26.1 Å². The highest BCUT2D eigenvalue weighted by atomic mass is 32.2. The van der Waals surface area contributed by atoms with Crippen LogP contribution >= 0.6 is 11.3 Å². The van der Waals surface area contributed by atoms with Crippen LogP contribution in [0.25, 0.3) is 0 Å². The molecule has 0 atom stereocenters. The van der Waals surface area contributed by atoms with Crippen molar-refractivity contribution in [3.05, 3.63) is 29.7 Å². The highest BCUT2D eigenvalue weighted by Gasteiger charge is 2.19. The highest BCUT2D eigenvalue weighted by Crippen LogP contribution is 2.24. The van der Waals surface area contributed by atoms with Gasteiger partial charge in [-0.05, 0) is 31.9 Å². The summed E-state index contributed by atoms with van der Waals surface area (Å²) in [4.78, 5) is 7.61. The van der Waals surface area contributed by atoms with E-state index in [1.165, 1.54) is 29.7 Å². The Hall–Kier alpha value is -1.38. The molecule has 136 valence electrons. The van der Waals surface area contributed by atoms with Crippen LogP contribution in [-0.2, 0) is 16.6 Å². The standard InChI is InChI=1S/C16H28N4O2S2/c1-6-8-9-12-20(5)16(17-7-2)18-13-14-10-11-15(23-14)24(21,22)19(3)4/h6,10-11H,1,7-9,12-13H2,2-5H3,(H,17,18). The van der Waals surface area contributed by atoms with E-state index in [0.717, 1.165) is 36.8 Å². The Morgan fingerprint density at radius 3 is 2.67 bits per heavy atom. The van der Waals surface area contributed by atoms with Gasteiger partial charge >= 0.3 is 0 Å². The quantitative estimate of drug-likeness (QED) is 0.313. The predicted octanol–water partition coefficient (Wildman–Crippen LogP) is 2.36. The zero-order chi connectivity index (χ0) is 18.2. The molecule has 8 heteroatoms. The Bertz CT molecular complexity index is 651. The van der Waals surface area contributed by atoms with E-state index in [0.29, 0.717) is 10.8 Å². The summed E-state index contributed by atoms with van der Waals surface area (Å²) in [6.45, 7) is 7.90. The lowest BCUT2D eigenvalue weighted by molar-refractivity contribution is 0.470. The maximum absolute atomic E-state index is 12.1. The number of aliphatic imine (C=N–C) groups is 1. The molecule has 0 saturated carbocycles. The van der Waals surface area contributed by atoms with Gasteiger partial charge in [-0.15, -0.1) is 17.9 Å². The van der Waals surface area contributed by atoms with Crippen LogP contribution in [0.3, 0.4) is 0 Å². The van der Waals surface area contributed by atoms with E-state index < -0.39 is 10.0 Å². The number of allylic oxidation sites excluding steroid dienone is 1. The first-order chi connectivity index (χ1) is 11.3. The Morgan fingerprint density at radius 2 is 2.08 bits per heavy atom. The minimum absolute atomic E-state index is 0.349. The number of unbranched alkanes of at least 4 members (excludes halogenated alkanes) is 1. The molecule has 1 rings (SSSR count). The van der Waals surface area contributed by atoms with Crippen LogP contribution < -0.4 is 5.32 Å². The molecule has 24 heavy (non-hydrogen) atoms. The number of sulfonamides is 1. The van der Waals surface area contributed by atoms with Crippen LogP contribution in [0, 0.1) is 0 Å². The second kappa shape index (κ2) is 9.80. The van der Waals surface area contributed by atoms with Crippen LogP contribution in [0.2, 0.25) is 0 Å². The van der Waals surface area contributed by atoms with Crippen molar-refractivity contribution in [1.82, 2.24) is 14.5 Å². The van der Waals surface area contributed by atoms with Crippen molar-refractivity contribution in [2.24, 2.45) is 4.99 Å². The molecule has 1 aromatic heterocycles. The van der Waals surface area contributed by atoms with Gasteiger partial charge < -0.3 is 10.2 Å². The van der Waals surface area contributed by atoms with Gasteiger partial charge in [0, 0.05) is 39.1 Å². The summed E-state index contributed by atoms with van der Waals surface area (Å²) in [5.74, 6) is 0.826. The van der Waals surface area contributed by atoms with E-state index in [2.05, 4.69) is 21.8 Å². The van der Waals surface area contributed by atoms with E-state index >= 15 is 0 Å². The third-order valence-electron chi connectivity index (χ3n) is 3.35. The van der Waals surface area contributed by atoms with Crippen LogP contribution in [0.4, 0.5) is 0 Å². The van der Waals surface area contributed by atoms with Gasteiger partial charge in [-0.25, -0.2) is 17.7 Å². The molecule has 0 aliphatic carbocycles. The summed E-state index contributed by atoms with van der Waals surface area (Å²) < 4.78 is 25.8. The van der Waals surface area contributed by atoms with Crippen LogP contribution in [0.1, 0.15) is 24.6 Å². The number of hydrogen-bond acceptors (Lipinski definition) is 4. The van der Waals surface area contributed by atoms with Crippen molar-refractivity contribution in [2.75, 3.05) is 34.2 Å². The van der Waals surface area contributed by atoms with Gasteiger partial charge in [0.05, 0.1) is 6.54 Å². The number of thiophene rings is 1. The molecular formula is C16H28N4O2S2. The Labute approximate surface area is 149 Å². The van der Waals surface area contributed by atoms with Gasteiger partial charge in [0.2, 0.25) is 0 Å². The molecule has 6 nitrogen and oxygen atoms in total. The van der Waals surface area contributed by atoms with E-state index in [1.54, 1.807) is 6.07 Å². The maximum Gasteiger partial charge on any atom is 0.252 e. The molecule has 0 spiro atoms. The fraction of sp³-hybridized carbons (Fsp3) is 0.562. The van der Waals surface area contributed by atoms with Crippen molar-refractivity contribution in [3.63, 3.8) is 0 Å². The van der Waals surface area contributed by atoms with Crippen LogP contribution in [-0.4, -0.2) is 57.8 Å². The summed E-state index contributed by atoms with van der Waals surface area (Å²) in [6.07, 6.45) is 3.91. The summed E-state index contributed by atoms with van der Waals surface area (Å²) >= 11 is 1.27. The van der Waals surface area contributed by atoms with E-state index in [9.17, 15) is 8.42 Å². The van der Waals surface area contributed by atoms with Gasteiger partial charge in [-0.2, -0.15) is 0 Å². The van der Waals surface area contributed by atoms with Crippen LogP contribution in [0.15, 0.2) is 34.0 Å². The van der Waals surface area contributed by atoms with Gasteiger partial charge in [0.1, 0.15) is 4.21 Å². The molecule has 0 fully saturated rings. The molecule has 0 amide bonds. The minimum Gasteiger partial charge on any atom is -0.357 e. The maximum atomic E-state index is 12.1. The largest absolute Gasteiger partial charge is 0.357 e. The molecule has 0 aliphatic heterocycles. The molecule has 1 N–H and O–H groups in total. The average Bonchev–Trinajstić information content (AvgIpc) is 3.01. The Kier molecular flexibility index (Phi) is 8.44. The fourth-order valence-corrected chi connectivity index (χ4v) is 4.41. The number of rotatable bonds is 9. The minimum atomic E-state index is -3.37. The normalized spacial score (nSPS) is 12.5. The smallest absolute Gasteiger partial charge is 0.252 e. The lowest BCUT2D eigenvalue weighted by atomic mass is 10.3. The lowest BCUT2D eigenvalue weighted by Gasteiger charge is -2.21. The summed E-state index contributed by atoms with van der Waals surface area (Å²) in [5.41, 5.74) is 0. The molecule has 0 radical (unpaired) electrons. The highest BCUT2D eigenvalue weighted by molar-refractivity contribution is 7.91. The number of hydrogen-bond donors (Lipinski definition) is 1. The number of nitrogens with one attached hydrogen (secondary N) is 1. The zero-order valence-electron chi connectivity index (χ0n) is 14.9. The SMILES string of the molecule is C=CCCCN(C)C(=NCc1ccc(S(=O)(=O)N(C)C)s1)NCC. The molecule has 1 aromatic rings. The molecule has 0 saturated heterocycles. The van der Waals surface area contributed by atoms with Crippen molar-refractivity contribution in [2.45, 2.75) is 30.5 Å². The van der Waals surface area contributed by atoms with Gasteiger partial charge in [0.25, 0.3) is 10.0 Å². The van der Waals surface area contributed by atoms with Crippen molar-refractivity contribution >= 4 is 27.3 Å². The zero-order valence-corrected chi connectivity index (χ0v) is 16.6. The van der Waals surface area contributed by atoms with Crippen molar-refractivity contribution < 1.29 is 8.42 Å².